The molecule has 2 bridgehead atoms. The van der Waals surface area contributed by atoms with Crippen LogP contribution in [0.15, 0.2) is 22.7 Å². The zero-order valence-corrected chi connectivity index (χ0v) is 16.1. The van der Waals surface area contributed by atoms with Crippen LogP contribution >= 0.6 is 27.5 Å². The summed E-state index contributed by atoms with van der Waals surface area (Å²) in [5.41, 5.74) is 0.476. The average Bonchev–Trinajstić information content (AvgIpc) is 2.79. The number of hydrogen-bond acceptors (Lipinski definition) is 2. The summed E-state index contributed by atoms with van der Waals surface area (Å²) in [5, 5.41) is 3.69. The van der Waals surface area contributed by atoms with Crippen molar-refractivity contribution in [3.05, 3.63) is 27.7 Å². The Morgan fingerprint density at radius 3 is 2.74 bits per heavy atom. The molecule has 1 aromatic rings. The number of fused-ring (bicyclic) bond motifs is 2. The van der Waals surface area contributed by atoms with E-state index in [1.807, 2.05) is 6.07 Å². The van der Waals surface area contributed by atoms with Crippen LogP contribution in [0.2, 0.25) is 5.02 Å². The lowest BCUT2D eigenvalue weighted by molar-refractivity contribution is -0.124. The molecule has 23 heavy (non-hydrogen) atoms. The van der Waals surface area contributed by atoms with Crippen LogP contribution in [-0.4, -0.2) is 18.6 Å². The van der Waals surface area contributed by atoms with Gasteiger partial charge in [0.25, 0.3) is 5.91 Å². The van der Waals surface area contributed by atoms with Crippen LogP contribution in [-0.2, 0) is 4.79 Å². The summed E-state index contributed by atoms with van der Waals surface area (Å²) in [6.07, 6.45) is 3.55. The zero-order chi connectivity index (χ0) is 16.8. The van der Waals surface area contributed by atoms with E-state index in [4.69, 9.17) is 16.3 Å². The van der Waals surface area contributed by atoms with Crippen molar-refractivity contribution >= 4 is 33.4 Å². The molecule has 2 aliphatic rings. The molecule has 2 aliphatic carbocycles. The van der Waals surface area contributed by atoms with E-state index in [1.54, 1.807) is 12.1 Å². The van der Waals surface area contributed by atoms with Crippen molar-refractivity contribution in [2.45, 2.75) is 46.1 Å². The van der Waals surface area contributed by atoms with E-state index in [2.05, 4.69) is 42.0 Å². The van der Waals surface area contributed by atoms with Gasteiger partial charge >= 0.3 is 0 Å². The molecule has 1 amide bonds. The number of ether oxygens (including phenoxy) is 1. The molecule has 5 heteroatoms. The third-order valence-electron chi connectivity index (χ3n) is 6.38. The highest BCUT2D eigenvalue weighted by Gasteiger charge is 2.61. The second-order valence-electron chi connectivity index (χ2n) is 7.59. The molecule has 2 fully saturated rings. The predicted molar refractivity (Wildman–Crippen MR) is 95.8 cm³/mol. The Hall–Kier alpha value is -0.740. The minimum absolute atomic E-state index is 0.000965. The molecule has 0 aromatic heterocycles. The normalized spacial score (nSPS) is 31.2. The van der Waals surface area contributed by atoms with Crippen molar-refractivity contribution in [1.29, 1.82) is 0 Å². The molecule has 1 aromatic carbocycles. The van der Waals surface area contributed by atoms with Crippen LogP contribution in [0.3, 0.4) is 0 Å². The van der Waals surface area contributed by atoms with E-state index >= 15 is 0 Å². The van der Waals surface area contributed by atoms with E-state index < -0.39 is 0 Å². The highest BCUT2D eigenvalue weighted by Crippen LogP contribution is 2.65. The molecule has 0 aliphatic heterocycles. The smallest absolute Gasteiger partial charge is 0.258 e. The summed E-state index contributed by atoms with van der Waals surface area (Å²) < 4.78 is 6.45. The number of hydrogen-bond donors (Lipinski definition) is 1. The molecule has 126 valence electrons. The first kappa shape index (κ1) is 17.1. The van der Waals surface area contributed by atoms with Crippen molar-refractivity contribution in [2.24, 2.45) is 16.7 Å². The molecule has 0 radical (unpaired) electrons. The quantitative estimate of drug-likeness (QED) is 0.787. The highest BCUT2D eigenvalue weighted by molar-refractivity contribution is 9.10. The van der Waals surface area contributed by atoms with Gasteiger partial charge in [-0.15, -0.1) is 0 Å². The fraction of sp³-hybridized carbons (Fsp3) is 0.611. The fourth-order valence-electron chi connectivity index (χ4n) is 4.39. The van der Waals surface area contributed by atoms with Crippen molar-refractivity contribution in [3.63, 3.8) is 0 Å². The Balaban J connectivity index is 1.58. The first-order valence-electron chi connectivity index (χ1n) is 8.11. The topological polar surface area (TPSA) is 38.3 Å². The fourth-order valence-corrected chi connectivity index (χ4v) is 5.12. The molecule has 0 saturated heterocycles. The number of carbonyl (C=O) groups excluding carboxylic acids is 1. The van der Waals surface area contributed by atoms with E-state index in [-0.39, 0.29) is 24.0 Å². The Morgan fingerprint density at radius 2 is 2.17 bits per heavy atom. The van der Waals surface area contributed by atoms with Gasteiger partial charge in [-0.05, 0) is 54.2 Å². The molecular formula is C18H23BrClNO2. The predicted octanol–water partition coefficient (Wildman–Crippen LogP) is 4.81. The Bertz CT molecular complexity index is 633. The maximum absolute atomic E-state index is 12.3. The van der Waals surface area contributed by atoms with Gasteiger partial charge in [0.15, 0.2) is 6.61 Å². The summed E-state index contributed by atoms with van der Waals surface area (Å²) in [6, 6.07) is 5.61. The van der Waals surface area contributed by atoms with Crippen LogP contribution in [0.4, 0.5) is 0 Å². The zero-order valence-electron chi connectivity index (χ0n) is 13.8. The molecule has 3 rings (SSSR count). The lowest BCUT2D eigenvalue weighted by Crippen LogP contribution is -2.48. The van der Waals surface area contributed by atoms with Crippen molar-refractivity contribution < 1.29 is 9.53 Å². The van der Waals surface area contributed by atoms with Gasteiger partial charge in [-0.3, -0.25) is 4.79 Å². The number of benzene rings is 1. The van der Waals surface area contributed by atoms with Gasteiger partial charge in [0.05, 0.1) is 5.02 Å². The molecular weight excluding hydrogens is 378 g/mol. The lowest BCUT2D eigenvalue weighted by Gasteiger charge is -2.39. The lowest BCUT2D eigenvalue weighted by atomic mass is 9.69. The number of amides is 1. The van der Waals surface area contributed by atoms with Gasteiger partial charge in [-0.2, -0.15) is 0 Å². The van der Waals surface area contributed by atoms with Crippen LogP contribution in [0.1, 0.15) is 40.0 Å². The number of halogens is 2. The number of nitrogens with one attached hydrogen (secondary N) is 1. The maximum Gasteiger partial charge on any atom is 0.258 e. The second kappa shape index (κ2) is 5.96. The molecule has 0 heterocycles. The minimum Gasteiger partial charge on any atom is -0.482 e. The Kier molecular flexibility index (Phi) is 4.43. The number of carbonyl (C=O) groups is 1. The first-order valence-corrected chi connectivity index (χ1v) is 9.28. The van der Waals surface area contributed by atoms with Crippen LogP contribution in [0.25, 0.3) is 0 Å². The van der Waals surface area contributed by atoms with Gasteiger partial charge in [0.2, 0.25) is 0 Å². The standard InChI is InChI=1S/C18H23BrClNO2/c1-17(2)11-6-7-18(17,3)15(8-11)21-16(22)10-23-14-5-4-12(19)9-13(14)20/h4-5,9,11,15H,6-8,10H2,1-3H3,(H,21,22)/t11-,15-,18+/m1/s1. The first-order chi connectivity index (χ1) is 10.7. The summed E-state index contributed by atoms with van der Waals surface area (Å²) >= 11 is 9.46. The third-order valence-corrected chi connectivity index (χ3v) is 7.17. The summed E-state index contributed by atoms with van der Waals surface area (Å²) in [7, 11) is 0. The van der Waals surface area contributed by atoms with E-state index in [0.29, 0.717) is 22.1 Å². The van der Waals surface area contributed by atoms with Gasteiger partial charge in [-0.25, -0.2) is 0 Å². The molecule has 0 unspecified atom stereocenters. The summed E-state index contributed by atoms with van der Waals surface area (Å²) in [4.78, 5) is 12.3. The molecule has 0 spiro atoms. The average molecular weight is 401 g/mol. The third kappa shape index (κ3) is 2.89. The molecule has 1 N–H and O–H groups in total. The monoisotopic (exact) mass is 399 g/mol. The summed E-state index contributed by atoms with van der Waals surface area (Å²) in [6.45, 7) is 7.00. The van der Waals surface area contributed by atoms with Crippen molar-refractivity contribution in [2.75, 3.05) is 6.61 Å². The van der Waals surface area contributed by atoms with Crippen LogP contribution in [0.5, 0.6) is 5.75 Å². The maximum atomic E-state index is 12.3. The minimum atomic E-state index is -0.0708. The molecule has 3 nitrogen and oxygen atoms in total. The Morgan fingerprint density at radius 1 is 1.43 bits per heavy atom. The van der Waals surface area contributed by atoms with E-state index in [9.17, 15) is 4.79 Å². The highest BCUT2D eigenvalue weighted by atomic mass is 79.9. The van der Waals surface area contributed by atoms with E-state index in [0.717, 1.165) is 10.9 Å². The Labute approximate surface area is 151 Å². The van der Waals surface area contributed by atoms with Gasteiger partial charge in [0.1, 0.15) is 5.75 Å². The largest absolute Gasteiger partial charge is 0.482 e. The molecule has 2 saturated carbocycles. The van der Waals surface area contributed by atoms with Gasteiger partial charge < -0.3 is 10.1 Å². The van der Waals surface area contributed by atoms with Crippen molar-refractivity contribution in [1.82, 2.24) is 5.32 Å². The number of rotatable bonds is 4. The molecule has 3 atom stereocenters. The van der Waals surface area contributed by atoms with Crippen LogP contribution in [0, 0.1) is 16.7 Å². The van der Waals surface area contributed by atoms with Gasteiger partial charge in [0, 0.05) is 10.5 Å². The van der Waals surface area contributed by atoms with E-state index in [1.165, 1.54) is 12.8 Å². The second-order valence-corrected chi connectivity index (χ2v) is 8.92. The van der Waals surface area contributed by atoms with Crippen LogP contribution < -0.4 is 10.1 Å². The van der Waals surface area contributed by atoms with Crippen molar-refractivity contribution in [3.8, 4) is 5.75 Å². The summed E-state index contributed by atoms with van der Waals surface area (Å²) in [5.74, 6) is 1.17. The SMILES string of the molecule is CC1(C)[C@@H]2CC[C@@]1(C)[C@H](NC(=O)COc1ccc(Br)cc1Cl)C2. The van der Waals surface area contributed by atoms with Gasteiger partial charge in [-0.1, -0.05) is 48.3 Å².